The first-order valence-electron chi connectivity index (χ1n) is 4.37. The minimum absolute atomic E-state index is 1.25. The Morgan fingerprint density at radius 1 is 1.00 bits per heavy atom. The van der Waals surface area contributed by atoms with Crippen LogP contribution in [0.4, 0.5) is 0 Å². The molecule has 0 saturated heterocycles. The second-order valence-corrected chi connectivity index (χ2v) is 4.92. The van der Waals surface area contributed by atoms with Gasteiger partial charge in [0.1, 0.15) is 0 Å². The molecule has 0 bridgehead atoms. The van der Waals surface area contributed by atoms with Crippen molar-refractivity contribution < 1.29 is 0 Å². The first-order valence-corrected chi connectivity index (χ1v) is 6.13. The Balaban J connectivity index is 1.96. The van der Waals surface area contributed by atoms with Crippen LogP contribution in [-0.2, 0) is 0 Å². The van der Waals surface area contributed by atoms with Crippen molar-refractivity contribution in [3.05, 3.63) is 58.8 Å². The summed E-state index contributed by atoms with van der Waals surface area (Å²) in [5, 5.41) is 4.22. The van der Waals surface area contributed by atoms with Crippen molar-refractivity contribution in [3.63, 3.8) is 0 Å². The Labute approximate surface area is 92.3 Å². The smallest absolute Gasteiger partial charge is 0.0640 e. The standard InChI is InChI=1S/C12H10S2/c1-2-5-11(6-3-1)8-10-14-12-7-4-9-13-12/h1-10H/b10-8+. The number of thiophene rings is 1. The van der Waals surface area contributed by atoms with Crippen LogP contribution in [0.2, 0.25) is 0 Å². The molecule has 0 unspecified atom stereocenters. The van der Waals surface area contributed by atoms with Gasteiger partial charge in [-0.2, -0.15) is 0 Å². The molecule has 2 rings (SSSR count). The summed E-state index contributed by atoms with van der Waals surface area (Å²) in [6.45, 7) is 0. The van der Waals surface area contributed by atoms with Crippen LogP contribution in [0, 0.1) is 0 Å². The molecule has 0 saturated carbocycles. The summed E-state index contributed by atoms with van der Waals surface area (Å²) in [4.78, 5) is 0. The Bertz CT molecular complexity index is 388. The van der Waals surface area contributed by atoms with Gasteiger partial charge in [-0.3, -0.25) is 0 Å². The first-order chi connectivity index (χ1) is 6.95. The highest BCUT2D eigenvalue weighted by Gasteiger charge is 1.89. The fraction of sp³-hybridized carbons (Fsp3) is 0. The summed E-state index contributed by atoms with van der Waals surface area (Å²) in [6.07, 6.45) is 2.13. The Hall–Kier alpha value is -0.990. The van der Waals surface area contributed by atoms with Gasteiger partial charge in [0, 0.05) is 0 Å². The van der Waals surface area contributed by atoms with E-state index in [1.165, 1.54) is 9.77 Å². The van der Waals surface area contributed by atoms with Crippen molar-refractivity contribution in [3.8, 4) is 0 Å². The molecule has 0 fully saturated rings. The van der Waals surface area contributed by atoms with Crippen molar-refractivity contribution in [1.29, 1.82) is 0 Å². The predicted molar refractivity (Wildman–Crippen MR) is 65.7 cm³/mol. The van der Waals surface area contributed by atoms with Crippen LogP contribution >= 0.6 is 23.1 Å². The fourth-order valence-electron chi connectivity index (χ4n) is 1.07. The van der Waals surface area contributed by atoms with E-state index in [1.807, 2.05) is 6.07 Å². The number of hydrogen-bond donors (Lipinski definition) is 0. The van der Waals surface area contributed by atoms with Gasteiger partial charge in [-0.15, -0.1) is 11.3 Å². The van der Waals surface area contributed by atoms with Gasteiger partial charge in [0.25, 0.3) is 0 Å². The van der Waals surface area contributed by atoms with E-state index in [0.717, 1.165) is 0 Å². The van der Waals surface area contributed by atoms with Crippen molar-refractivity contribution in [2.24, 2.45) is 0 Å². The molecule has 1 aromatic heterocycles. The molecule has 2 aromatic rings. The average Bonchev–Trinajstić information content (AvgIpc) is 2.72. The molecule has 1 heterocycles. The second kappa shape index (κ2) is 5.03. The Morgan fingerprint density at radius 3 is 2.57 bits per heavy atom. The molecule has 70 valence electrons. The van der Waals surface area contributed by atoms with Gasteiger partial charge < -0.3 is 0 Å². The Kier molecular flexibility index (Phi) is 3.44. The molecule has 0 amide bonds. The van der Waals surface area contributed by atoms with Crippen LogP contribution in [0.15, 0.2) is 57.5 Å². The largest absolute Gasteiger partial charge is 0.137 e. The van der Waals surface area contributed by atoms with E-state index >= 15 is 0 Å². The van der Waals surface area contributed by atoms with Crippen LogP contribution in [0.1, 0.15) is 5.56 Å². The van der Waals surface area contributed by atoms with Crippen LogP contribution < -0.4 is 0 Å². The highest BCUT2D eigenvalue weighted by molar-refractivity contribution is 8.04. The lowest BCUT2D eigenvalue weighted by molar-refractivity contribution is 1.66. The highest BCUT2D eigenvalue weighted by atomic mass is 32.2. The number of rotatable bonds is 3. The van der Waals surface area contributed by atoms with Gasteiger partial charge in [0.2, 0.25) is 0 Å². The van der Waals surface area contributed by atoms with E-state index in [1.54, 1.807) is 23.1 Å². The van der Waals surface area contributed by atoms with Gasteiger partial charge in [-0.05, 0) is 28.5 Å². The van der Waals surface area contributed by atoms with Crippen molar-refractivity contribution in [2.75, 3.05) is 0 Å². The van der Waals surface area contributed by atoms with E-state index in [-0.39, 0.29) is 0 Å². The number of benzene rings is 1. The molecule has 0 radical (unpaired) electrons. The third kappa shape index (κ3) is 2.76. The summed E-state index contributed by atoms with van der Waals surface area (Å²) >= 11 is 3.53. The van der Waals surface area contributed by atoms with Crippen LogP contribution in [0.5, 0.6) is 0 Å². The molecule has 0 atom stereocenters. The third-order valence-electron chi connectivity index (χ3n) is 1.74. The van der Waals surface area contributed by atoms with Gasteiger partial charge in [0.05, 0.1) is 4.21 Å². The van der Waals surface area contributed by atoms with Crippen LogP contribution in [0.3, 0.4) is 0 Å². The molecule has 14 heavy (non-hydrogen) atoms. The van der Waals surface area contributed by atoms with Crippen LogP contribution in [0.25, 0.3) is 6.08 Å². The number of thioether (sulfide) groups is 1. The summed E-state index contributed by atoms with van der Waals surface area (Å²) in [5.74, 6) is 0. The maximum absolute atomic E-state index is 2.13. The highest BCUT2D eigenvalue weighted by Crippen LogP contribution is 2.24. The number of hydrogen-bond acceptors (Lipinski definition) is 2. The molecule has 2 heteroatoms. The monoisotopic (exact) mass is 218 g/mol. The summed E-state index contributed by atoms with van der Waals surface area (Å²) in [6, 6.07) is 14.5. The third-order valence-corrected chi connectivity index (χ3v) is 3.62. The lowest BCUT2D eigenvalue weighted by atomic mass is 10.2. The van der Waals surface area contributed by atoms with Crippen molar-refractivity contribution >= 4 is 29.2 Å². The first kappa shape index (κ1) is 9.56. The van der Waals surface area contributed by atoms with Gasteiger partial charge in [0.15, 0.2) is 0 Å². The van der Waals surface area contributed by atoms with Crippen molar-refractivity contribution in [2.45, 2.75) is 4.21 Å². The maximum Gasteiger partial charge on any atom is 0.0640 e. The lowest BCUT2D eigenvalue weighted by Crippen LogP contribution is -1.66. The maximum atomic E-state index is 2.13. The summed E-state index contributed by atoms with van der Waals surface area (Å²) in [5.41, 5.74) is 1.25. The predicted octanol–water partition coefficient (Wildman–Crippen LogP) is 4.51. The SMILES string of the molecule is C(=C\c1ccccc1)/Sc1cccs1. The lowest BCUT2D eigenvalue weighted by Gasteiger charge is -1.90. The molecular formula is C12H10S2. The van der Waals surface area contributed by atoms with E-state index in [4.69, 9.17) is 0 Å². The van der Waals surface area contributed by atoms with Crippen LogP contribution in [-0.4, -0.2) is 0 Å². The minimum Gasteiger partial charge on any atom is -0.137 e. The fourth-order valence-corrected chi connectivity index (χ4v) is 2.59. The zero-order valence-electron chi connectivity index (χ0n) is 7.59. The average molecular weight is 218 g/mol. The molecule has 0 nitrogen and oxygen atoms in total. The molecule has 0 aliphatic rings. The molecular weight excluding hydrogens is 208 g/mol. The molecule has 0 N–H and O–H groups in total. The topological polar surface area (TPSA) is 0 Å². The van der Waals surface area contributed by atoms with E-state index < -0.39 is 0 Å². The quantitative estimate of drug-likeness (QED) is 0.683. The molecule has 0 spiro atoms. The summed E-state index contributed by atoms with van der Waals surface area (Å²) < 4.78 is 1.33. The zero-order valence-corrected chi connectivity index (χ0v) is 9.22. The van der Waals surface area contributed by atoms with E-state index in [9.17, 15) is 0 Å². The normalized spacial score (nSPS) is 10.9. The van der Waals surface area contributed by atoms with Gasteiger partial charge >= 0.3 is 0 Å². The Morgan fingerprint density at radius 2 is 1.86 bits per heavy atom. The molecule has 1 aromatic carbocycles. The summed E-state index contributed by atoms with van der Waals surface area (Å²) in [7, 11) is 0. The molecule has 0 aliphatic heterocycles. The van der Waals surface area contributed by atoms with Gasteiger partial charge in [-0.25, -0.2) is 0 Å². The van der Waals surface area contributed by atoms with E-state index in [2.05, 4.69) is 53.3 Å². The molecule has 0 aliphatic carbocycles. The van der Waals surface area contributed by atoms with E-state index in [0.29, 0.717) is 0 Å². The second-order valence-electron chi connectivity index (χ2n) is 2.76. The minimum atomic E-state index is 1.25. The van der Waals surface area contributed by atoms with Gasteiger partial charge in [-0.1, -0.05) is 48.2 Å². The zero-order chi connectivity index (χ0) is 9.64. The van der Waals surface area contributed by atoms with Crippen molar-refractivity contribution in [1.82, 2.24) is 0 Å².